The summed E-state index contributed by atoms with van der Waals surface area (Å²) in [5.41, 5.74) is 1.17. The van der Waals surface area contributed by atoms with Gasteiger partial charge >= 0.3 is 0 Å². The summed E-state index contributed by atoms with van der Waals surface area (Å²) < 4.78 is 0. The largest absolute Gasteiger partial charge is 0.337 e. The molecule has 0 bridgehead atoms. The molecule has 3 heterocycles. The standard InChI is InChI=1S/C16H25N5/c1-3-8-20-10-21-9-11(2)17-15(21)13-16(20)19-14(18-13)12-6-4-5-7-12/h11-12H,3-10H2,1-2H3,(H,18,19). The summed E-state index contributed by atoms with van der Waals surface area (Å²) in [7, 11) is 0. The first kappa shape index (κ1) is 13.2. The summed E-state index contributed by atoms with van der Waals surface area (Å²) in [6.45, 7) is 7.48. The molecule has 114 valence electrons. The van der Waals surface area contributed by atoms with Crippen molar-refractivity contribution in [1.82, 2.24) is 14.9 Å². The molecule has 1 aliphatic carbocycles. The van der Waals surface area contributed by atoms with Crippen LogP contribution in [0.25, 0.3) is 0 Å². The molecule has 1 N–H and O–H groups in total. The first-order valence-corrected chi connectivity index (χ1v) is 8.44. The summed E-state index contributed by atoms with van der Waals surface area (Å²) >= 11 is 0. The van der Waals surface area contributed by atoms with Gasteiger partial charge in [-0.25, -0.2) is 4.98 Å². The predicted molar refractivity (Wildman–Crippen MR) is 85.0 cm³/mol. The van der Waals surface area contributed by atoms with Crippen molar-refractivity contribution in [2.75, 3.05) is 24.7 Å². The fourth-order valence-corrected chi connectivity index (χ4v) is 3.96. The number of aromatic amines is 1. The Morgan fingerprint density at radius 1 is 1.29 bits per heavy atom. The van der Waals surface area contributed by atoms with Gasteiger partial charge in [-0.15, -0.1) is 0 Å². The van der Waals surface area contributed by atoms with Gasteiger partial charge in [0.15, 0.2) is 11.7 Å². The summed E-state index contributed by atoms with van der Waals surface area (Å²) in [5.74, 6) is 4.11. The Kier molecular flexibility index (Phi) is 3.16. The molecule has 3 aliphatic rings. The smallest absolute Gasteiger partial charge is 0.159 e. The third-order valence-electron chi connectivity index (χ3n) is 4.93. The fourth-order valence-electron chi connectivity index (χ4n) is 3.96. The predicted octanol–water partition coefficient (Wildman–Crippen LogP) is 2.71. The van der Waals surface area contributed by atoms with Crippen LogP contribution in [0.5, 0.6) is 0 Å². The number of amidine groups is 1. The van der Waals surface area contributed by atoms with Gasteiger partial charge in [0.25, 0.3) is 0 Å². The van der Waals surface area contributed by atoms with Gasteiger partial charge < -0.3 is 14.8 Å². The molecule has 0 spiro atoms. The Bertz CT molecular complexity index is 555. The highest BCUT2D eigenvalue weighted by Crippen LogP contribution is 2.36. The van der Waals surface area contributed by atoms with E-state index >= 15 is 0 Å². The number of H-pyrrole nitrogens is 1. The van der Waals surface area contributed by atoms with Gasteiger partial charge in [0.05, 0.1) is 12.7 Å². The van der Waals surface area contributed by atoms with Gasteiger partial charge in [0.2, 0.25) is 0 Å². The van der Waals surface area contributed by atoms with Crippen molar-refractivity contribution in [1.29, 1.82) is 0 Å². The summed E-state index contributed by atoms with van der Waals surface area (Å²) in [6.07, 6.45) is 6.41. The zero-order valence-corrected chi connectivity index (χ0v) is 13.1. The van der Waals surface area contributed by atoms with Crippen molar-refractivity contribution >= 4 is 11.7 Å². The van der Waals surface area contributed by atoms with Crippen LogP contribution in [-0.4, -0.2) is 46.5 Å². The zero-order chi connectivity index (χ0) is 14.4. The highest BCUT2D eigenvalue weighted by Gasteiger charge is 2.36. The molecule has 2 aliphatic heterocycles. The number of anilines is 1. The molecule has 1 fully saturated rings. The number of hydrogen-bond donors (Lipinski definition) is 1. The number of rotatable bonds is 3. The van der Waals surface area contributed by atoms with Crippen LogP contribution in [-0.2, 0) is 0 Å². The van der Waals surface area contributed by atoms with E-state index in [1.165, 1.54) is 37.2 Å². The highest BCUT2D eigenvalue weighted by molar-refractivity contribution is 6.04. The number of aliphatic imine (C=N–C) groups is 1. The van der Waals surface area contributed by atoms with Crippen molar-refractivity contribution in [2.24, 2.45) is 4.99 Å². The average Bonchev–Trinajstić information content (AvgIpc) is 3.15. The second kappa shape index (κ2) is 5.04. The number of nitrogens with one attached hydrogen (secondary N) is 1. The van der Waals surface area contributed by atoms with Crippen LogP contribution in [0.2, 0.25) is 0 Å². The van der Waals surface area contributed by atoms with E-state index < -0.39 is 0 Å². The molecular formula is C16H25N5. The molecule has 1 atom stereocenters. The molecule has 1 unspecified atom stereocenters. The second-order valence-electron chi connectivity index (χ2n) is 6.73. The Morgan fingerprint density at radius 3 is 2.86 bits per heavy atom. The Balaban J connectivity index is 1.73. The molecule has 21 heavy (non-hydrogen) atoms. The fraction of sp³-hybridized carbons (Fsp3) is 0.750. The quantitative estimate of drug-likeness (QED) is 0.930. The molecule has 5 heteroatoms. The van der Waals surface area contributed by atoms with Crippen molar-refractivity contribution in [2.45, 2.75) is 57.9 Å². The van der Waals surface area contributed by atoms with E-state index in [2.05, 4.69) is 28.6 Å². The van der Waals surface area contributed by atoms with E-state index in [-0.39, 0.29) is 0 Å². The minimum Gasteiger partial charge on any atom is -0.337 e. The van der Waals surface area contributed by atoms with Crippen LogP contribution < -0.4 is 4.90 Å². The maximum Gasteiger partial charge on any atom is 0.159 e. The topological polar surface area (TPSA) is 47.5 Å². The van der Waals surface area contributed by atoms with Crippen LogP contribution in [0.15, 0.2) is 4.99 Å². The molecule has 1 aromatic rings. The van der Waals surface area contributed by atoms with Gasteiger partial charge in [-0.2, -0.15) is 0 Å². The van der Waals surface area contributed by atoms with E-state index in [4.69, 9.17) is 9.98 Å². The molecule has 1 aromatic heterocycles. The van der Waals surface area contributed by atoms with Crippen LogP contribution in [0, 0.1) is 0 Å². The molecular weight excluding hydrogens is 262 g/mol. The van der Waals surface area contributed by atoms with Gasteiger partial charge in [-0.3, -0.25) is 4.99 Å². The maximum absolute atomic E-state index is 4.98. The number of fused-ring (bicyclic) bond motifs is 3. The zero-order valence-electron chi connectivity index (χ0n) is 13.1. The third-order valence-corrected chi connectivity index (χ3v) is 4.93. The molecule has 4 rings (SSSR count). The minimum absolute atomic E-state index is 0.396. The first-order valence-electron chi connectivity index (χ1n) is 8.44. The van der Waals surface area contributed by atoms with Crippen LogP contribution in [0.3, 0.4) is 0 Å². The SMILES string of the molecule is CCCN1CN2CC(C)N=C2c2[nH]c(C3CCCC3)nc21. The van der Waals surface area contributed by atoms with Crippen molar-refractivity contribution < 1.29 is 0 Å². The third kappa shape index (κ3) is 2.14. The van der Waals surface area contributed by atoms with Gasteiger partial charge in [-0.05, 0) is 26.2 Å². The first-order chi connectivity index (χ1) is 10.3. The second-order valence-corrected chi connectivity index (χ2v) is 6.73. The molecule has 0 aromatic carbocycles. The Morgan fingerprint density at radius 2 is 2.10 bits per heavy atom. The molecule has 0 saturated heterocycles. The van der Waals surface area contributed by atoms with Gasteiger partial charge in [-0.1, -0.05) is 19.8 Å². The average molecular weight is 287 g/mol. The summed E-state index contributed by atoms with van der Waals surface area (Å²) in [4.78, 5) is 18.3. The van der Waals surface area contributed by atoms with E-state index in [9.17, 15) is 0 Å². The molecule has 0 amide bonds. The van der Waals surface area contributed by atoms with E-state index in [0.29, 0.717) is 12.0 Å². The lowest BCUT2D eigenvalue weighted by molar-refractivity contribution is 0.414. The maximum atomic E-state index is 4.98. The molecule has 5 nitrogen and oxygen atoms in total. The Labute approximate surface area is 126 Å². The molecule has 1 saturated carbocycles. The normalized spacial score (nSPS) is 25.2. The number of nitrogens with zero attached hydrogens (tertiary/aromatic N) is 4. The monoisotopic (exact) mass is 287 g/mol. The van der Waals surface area contributed by atoms with E-state index in [0.717, 1.165) is 37.8 Å². The van der Waals surface area contributed by atoms with Gasteiger partial charge in [0, 0.05) is 19.0 Å². The number of aromatic nitrogens is 2. The minimum atomic E-state index is 0.396. The number of hydrogen-bond acceptors (Lipinski definition) is 4. The van der Waals surface area contributed by atoms with Crippen LogP contribution in [0.4, 0.5) is 5.82 Å². The lowest BCUT2D eigenvalue weighted by atomic mass is 10.1. The number of imidazole rings is 1. The lowest BCUT2D eigenvalue weighted by Crippen LogP contribution is -2.46. The van der Waals surface area contributed by atoms with Crippen molar-refractivity contribution in [3.63, 3.8) is 0 Å². The van der Waals surface area contributed by atoms with Gasteiger partial charge in [0.1, 0.15) is 11.5 Å². The summed E-state index contributed by atoms with van der Waals surface area (Å²) in [5, 5.41) is 0. The van der Waals surface area contributed by atoms with Crippen LogP contribution in [0.1, 0.15) is 63.4 Å². The lowest BCUT2D eigenvalue weighted by Gasteiger charge is -2.34. The van der Waals surface area contributed by atoms with Crippen molar-refractivity contribution in [3.8, 4) is 0 Å². The van der Waals surface area contributed by atoms with Crippen molar-refractivity contribution in [3.05, 3.63) is 11.5 Å². The summed E-state index contributed by atoms with van der Waals surface area (Å²) in [6, 6.07) is 0.396. The van der Waals surface area contributed by atoms with Crippen LogP contribution >= 0.6 is 0 Å². The van der Waals surface area contributed by atoms with E-state index in [1.54, 1.807) is 0 Å². The molecule has 0 radical (unpaired) electrons. The Hall–Kier alpha value is -1.52. The highest BCUT2D eigenvalue weighted by atomic mass is 15.4. The van der Waals surface area contributed by atoms with E-state index in [1.807, 2.05) is 0 Å².